The van der Waals surface area contributed by atoms with Crippen LogP contribution in [0.1, 0.15) is 38.7 Å². The van der Waals surface area contributed by atoms with Crippen LogP contribution in [0.15, 0.2) is 30.3 Å². The van der Waals surface area contributed by atoms with Crippen LogP contribution in [0.2, 0.25) is 0 Å². The van der Waals surface area contributed by atoms with Crippen LogP contribution in [0.5, 0.6) is 0 Å². The zero-order chi connectivity index (χ0) is 22.5. The molecule has 0 spiro atoms. The van der Waals surface area contributed by atoms with Gasteiger partial charge in [0.05, 0.1) is 0 Å². The SMILES string of the molecule is CC(C)C[C@H](NC(=O)[C@H]1O[C@@H]1C(=O)O)C(=O)N1CCC[C@H]1C(=O)OCc1ccccc1. The second-order valence-electron chi connectivity index (χ2n) is 8.29. The highest BCUT2D eigenvalue weighted by Crippen LogP contribution is 2.25. The van der Waals surface area contributed by atoms with Gasteiger partial charge < -0.3 is 24.8 Å². The molecule has 2 heterocycles. The molecule has 9 nitrogen and oxygen atoms in total. The number of aliphatic carboxylic acids is 1. The van der Waals surface area contributed by atoms with E-state index in [-0.39, 0.29) is 18.4 Å². The van der Waals surface area contributed by atoms with Crippen molar-refractivity contribution in [3.05, 3.63) is 35.9 Å². The van der Waals surface area contributed by atoms with Gasteiger partial charge in [0.1, 0.15) is 18.7 Å². The van der Waals surface area contributed by atoms with Gasteiger partial charge in [-0.3, -0.25) is 9.59 Å². The van der Waals surface area contributed by atoms with Crippen LogP contribution in [-0.4, -0.2) is 64.6 Å². The second-order valence-corrected chi connectivity index (χ2v) is 8.29. The van der Waals surface area contributed by atoms with E-state index in [9.17, 15) is 19.2 Å². The highest BCUT2D eigenvalue weighted by molar-refractivity contribution is 5.96. The number of ether oxygens (including phenoxy) is 2. The fraction of sp³-hybridized carbons (Fsp3) is 0.545. The molecule has 0 bridgehead atoms. The quantitative estimate of drug-likeness (QED) is 0.442. The summed E-state index contributed by atoms with van der Waals surface area (Å²) < 4.78 is 10.3. The van der Waals surface area contributed by atoms with Gasteiger partial charge in [0.2, 0.25) is 5.91 Å². The lowest BCUT2D eigenvalue weighted by molar-refractivity contribution is -0.155. The van der Waals surface area contributed by atoms with Crippen molar-refractivity contribution < 1.29 is 33.8 Å². The van der Waals surface area contributed by atoms with Crippen molar-refractivity contribution >= 4 is 23.8 Å². The Kier molecular flexibility index (Phi) is 7.27. The van der Waals surface area contributed by atoms with Crippen molar-refractivity contribution in [3.8, 4) is 0 Å². The Balaban J connectivity index is 1.62. The van der Waals surface area contributed by atoms with Gasteiger partial charge in [-0.25, -0.2) is 9.59 Å². The van der Waals surface area contributed by atoms with Gasteiger partial charge in [-0.15, -0.1) is 0 Å². The predicted molar refractivity (Wildman–Crippen MR) is 109 cm³/mol. The third-order valence-corrected chi connectivity index (χ3v) is 5.35. The first-order valence-electron chi connectivity index (χ1n) is 10.5. The van der Waals surface area contributed by atoms with Crippen LogP contribution in [0.4, 0.5) is 0 Å². The molecule has 4 atom stereocenters. The molecule has 1 aromatic rings. The Morgan fingerprint density at radius 2 is 1.90 bits per heavy atom. The number of hydrogen-bond acceptors (Lipinski definition) is 6. The lowest BCUT2D eigenvalue weighted by Crippen LogP contribution is -2.53. The highest BCUT2D eigenvalue weighted by Gasteiger charge is 2.51. The fourth-order valence-corrected chi connectivity index (χ4v) is 3.75. The molecule has 31 heavy (non-hydrogen) atoms. The molecule has 2 amide bonds. The van der Waals surface area contributed by atoms with Gasteiger partial charge in [0.15, 0.2) is 12.2 Å². The molecule has 0 saturated carbocycles. The van der Waals surface area contributed by atoms with E-state index in [0.29, 0.717) is 25.8 Å². The Morgan fingerprint density at radius 1 is 1.19 bits per heavy atom. The Labute approximate surface area is 180 Å². The first kappa shape index (κ1) is 22.7. The molecule has 2 fully saturated rings. The molecule has 1 aromatic carbocycles. The molecule has 0 radical (unpaired) electrons. The van der Waals surface area contributed by atoms with E-state index in [1.807, 2.05) is 44.2 Å². The summed E-state index contributed by atoms with van der Waals surface area (Å²) in [5.74, 6) is -2.59. The van der Waals surface area contributed by atoms with E-state index in [2.05, 4.69) is 5.32 Å². The minimum Gasteiger partial charge on any atom is -0.479 e. The maximum absolute atomic E-state index is 13.2. The number of epoxide rings is 1. The predicted octanol–water partition coefficient (Wildman–Crippen LogP) is 1.10. The van der Waals surface area contributed by atoms with Crippen molar-refractivity contribution in [2.24, 2.45) is 5.92 Å². The van der Waals surface area contributed by atoms with Crippen molar-refractivity contribution in [2.75, 3.05) is 6.54 Å². The molecule has 0 aliphatic carbocycles. The van der Waals surface area contributed by atoms with Crippen molar-refractivity contribution in [1.82, 2.24) is 10.2 Å². The number of carboxylic acids is 1. The summed E-state index contributed by atoms with van der Waals surface area (Å²) in [5.41, 5.74) is 0.856. The number of rotatable bonds is 9. The number of carbonyl (C=O) groups is 4. The molecule has 0 aromatic heterocycles. The first-order chi connectivity index (χ1) is 14.8. The molecule has 0 unspecified atom stereocenters. The average molecular weight is 432 g/mol. The largest absolute Gasteiger partial charge is 0.479 e. The zero-order valence-electron chi connectivity index (χ0n) is 17.7. The summed E-state index contributed by atoms with van der Waals surface area (Å²) in [7, 11) is 0. The average Bonchev–Trinajstić information content (AvgIpc) is 3.41. The van der Waals surface area contributed by atoms with Crippen LogP contribution in [0, 0.1) is 5.92 Å². The second kappa shape index (κ2) is 9.91. The molecule has 2 saturated heterocycles. The first-order valence-corrected chi connectivity index (χ1v) is 10.5. The summed E-state index contributed by atoms with van der Waals surface area (Å²) in [6.07, 6.45) is -0.759. The summed E-state index contributed by atoms with van der Waals surface area (Å²) in [6.45, 7) is 4.34. The fourth-order valence-electron chi connectivity index (χ4n) is 3.75. The Morgan fingerprint density at radius 3 is 2.52 bits per heavy atom. The Hall–Kier alpha value is -2.94. The molecule has 2 aliphatic heterocycles. The van der Waals surface area contributed by atoms with E-state index in [4.69, 9.17) is 14.6 Å². The summed E-state index contributed by atoms with van der Waals surface area (Å²) >= 11 is 0. The van der Waals surface area contributed by atoms with Crippen LogP contribution >= 0.6 is 0 Å². The van der Waals surface area contributed by atoms with E-state index in [0.717, 1.165) is 5.56 Å². The van der Waals surface area contributed by atoms with Gasteiger partial charge in [-0.05, 0) is 30.7 Å². The van der Waals surface area contributed by atoms with Gasteiger partial charge in [-0.1, -0.05) is 44.2 Å². The van der Waals surface area contributed by atoms with E-state index in [1.54, 1.807) is 0 Å². The van der Waals surface area contributed by atoms with Crippen LogP contribution in [-0.2, 0) is 35.3 Å². The molecular weight excluding hydrogens is 404 g/mol. The maximum Gasteiger partial charge on any atom is 0.336 e. The standard InChI is InChI=1S/C22H28N2O7/c1-13(2)11-15(23-19(25)17-18(31-17)21(27)28)20(26)24-10-6-9-16(24)22(29)30-12-14-7-4-3-5-8-14/h3-5,7-8,13,15-18H,6,9-12H2,1-2H3,(H,23,25)(H,27,28)/t15-,16-,17-,18-/m0/s1. The monoisotopic (exact) mass is 432 g/mol. The summed E-state index contributed by atoms with van der Waals surface area (Å²) in [6, 6.07) is 7.71. The number of benzene rings is 1. The van der Waals surface area contributed by atoms with E-state index >= 15 is 0 Å². The van der Waals surface area contributed by atoms with Gasteiger partial charge in [0, 0.05) is 6.54 Å². The van der Waals surface area contributed by atoms with Crippen LogP contribution < -0.4 is 5.32 Å². The molecule has 2 aliphatic rings. The highest BCUT2D eigenvalue weighted by atomic mass is 16.6. The molecule has 168 valence electrons. The van der Waals surface area contributed by atoms with Crippen molar-refractivity contribution in [3.63, 3.8) is 0 Å². The normalized spacial score (nSPS) is 23.3. The number of hydrogen-bond donors (Lipinski definition) is 2. The minimum absolute atomic E-state index is 0.0933. The number of esters is 1. The Bertz CT molecular complexity index is 826. The maximum atomic E-state index is 13.2. The summed E-state index contributed by atoms with van der Waals surface area (Å²) in [4.78, 5) is 50.6. The number of amides is 2. The van der Waals surface area contributed by atoms with Gasteiger partial charge in [0.25, 0.3) is 5.91 Å². The lowest BCUT2D eigenvalue weighted by atomic mass is 10.0. The van der Waals surface area contributed by atoms with Gasteiger partial charge >= 0.3 is 11.9 Å². The van der Waals surface area contributed by atoms with Gasteiger partial charge in [-0.2, -0.15) is 0 Å². The molecule has 9 heteroatoms. The summed E-state index contributed by atoms with van der Waals surface area (Å²) in [5, 5.41) is 11.5. The van der Waals surface area contributed by atoms with Crippen LogP contribution in [0.3, 0.4) is 0 Å². The molecule has 3 rings (SSSR count). The number of nitrogens with one attached hydrogen (secondary N) is 1. The van der Waals surface area contributed by atoms with Crippen LogP contribution in [0.25, 0.3) is 0 Å². The third-order valence-electron chi connectivity index (χ3n) is 5.35. The minimum atomic E-state index is -1.22. The third kappa shape index (κ3) is 5.81. The number of carbonyl (C=O) groups excluding carboxylic acids is 3. The van der Waals surface area contributed by atoms with E-state index in [1.165, 1.54) is 4.90 Å². The molecule has 2 N–H and O–H groups in total. The topological polar surface area (TPSA) is 126 Å². The van der Waals surface area contributed by atoms with Crippen molar-refractivity contribution in [2.45, 2.75) is 64.0 Å². The number of nitrogens with zero attached hydrogens (tertiary/aromatic N) is 1. The van der Waals surface area contributed by atoms with Crippen molar-refractivity contribution in [1.29, 1.82) is 0 Å². The lowest BCUT2D eigenvalue weighted by Gasteiger charge is -2.29. The zero-order valence-corrected chi connectivity index (χ0v) is 17.7. The van der Waals surface area contributed by atoms with E-state index < -0.39 is 42.1 Å². The smallest absolute Gasteiger partial charge is 0.336 e. The molecular formula is C22H28N2O7. The number of likely N-dealkylation sites (tertiary alicyclic amines) is 1. The number of carboxylic acid groups (broad SMARTS) is 1.